The van der Waals surface area contributed by atoms with E-state index in [4.69, 9.17) is 10.1 Å². The lowest BCUT2D eigenvalue weighted by atomic mass is 10.1. The first-order chi connectivity index (χ1) is 15.7. The molecule has 154 valence electrons. The van der Waals surface area contributed by atoms with Crippen molar-refractivity contribution in [3.8, 4) is 28.6 Å². The van der Waals surface area contributed by atoms with Gasteiger partial charge in [0.05, 0.1) is 11.6 Å². The van der Waals surface area contributed by atoms with E-state index in [2.05, 4.69) is 28.5 Å². The van der Waals surface area contributed by atoms with Gasteiger partial charge in [-0.15, -0.1) is 5.10 Å². The second kappa shape index (κ2) is 8.32. The van der Waals surface area contributed by atoms with Gasteiger partial charge in [0.1, 0.15) is 5.52 Å². The number of hydrogen-bond donors (Lipinski definition) is 1. The molecule has 0 radical (unpaired) electrons. The molecule has 0 saturated heterocycles. The molecular weight excluding hydrogens is 396 g/mol. The van der Waals surface area contributed by atoms with Crippen LogP contribution in [0.25, 0.3) is 28.0 Å². The van der Waals surface area contributed by atoms with Crippen molar-refractivity contribution in [2.45, 2.75) is 13.5 Å². The van der Waals surface area contributed by atoms with Crippen molar-refractivity contribution in [3.05, 3.63) is 102 Å². The molecule has 0 aliphatic carbocycles. The lowest BCUT2D eigenvalue weighted by molar-refractivity contribution is 0.908. The van der Waals surface area contributed by atoms with Gasteiger partial charge in [-0.25, -0.2) is 9.50 Å². The molecule has 0 aliphatic rings. The van der Waals surface area contributed by atoms with Gasteiger partial charge < -0.3 is 5.32 Å². The van der Waals surface area contributed by atoms with Crippen LogP contribution in [0.4, 0.5) is 5.82 Å². The maximum Gasteiger partial charge on any atom is 0.183 e. The molecule has 0 fully saturated rings. The van der Waals surface area contributed by atoms with Crippen LogP contribution in [-0.4, -0.2) is 19.6 Å². The summed E-state index contributed by atoms with van der Waals surface area (Å²) in [6.07, 6.45) is 5.52. The summed E-state index contributed by atoms with van der Waals surface area (Å²) in [6, 6.07) is 24.1. The van der Waals surface area contributed by atoms with Gasteiger partial charge in [-0.2, -0.15) is 5.26 Å². The summed E-state index contributed by atoms with van der Waals surface area (Å²) in [4.78, 5) is 9.17. The number of pyridine rings is 1. The SMILES string of the molecule is Cc1cncc(-c2nc(NCc3ccccc3C#N)c3c(-c4ccccc4)ccn3n2)c1. The van der Waals surface area contributed by atoms with E-state index >= 15 is 0 Å². The van der Waals surface area contributed by atoms with Crippen LogP contribution < -0.4 is 5.32 Å². The monoisotopic (exact) mass is 416 g/mol. The summed E-state index contributed by atoms with van der Waals surface area (Å²) in [5.41, 5.74) is 6.46. The number of hydrogen-bond acceptors (Lipinski definition) is 5. The van der Waals surface area contributed by atoms with Gasteiger partial charge in [0.25, 0.3) is 0 Å². The van der Waals surface area contributed by atoms with E-state index in [0.717, 1.165) is 33.3 Å². The molecule has 0 spiro atoms. The zero-order valence-corrected chi connectivity index (χ0v) is 17.5. The standard InChI is InChI=1S/C26H20N6/c1-18-13-22(16-28-15-18)25-30-26(29-17-21-10-6-5-9-20(21)14-27)24-23(11-12-32(24)31-25)19-7-3-2-4-8-19/h2-13,15-16H,17H2,1H3,(H,29,30,31). The molecule has 0 atom stereocenters. The summed E-state index contributed by atoms with van der Waals surface area (Å²) >= 11 is 0. The third-order valence-electron chi connectivity index (χ3n) is 5.31. The predicted octanol–water partition coefficient (Wildman–Crippen LogP) is 5.25. The quantitative estimate of drug-likeness (QED) is 0.423. The molecule has 6 nitrogen and oxygen atoms in total. The van der Waals surface area contributed by atoms with E-state index in [0.29, 0.717) is 23.8 Å². The molecule has 32 heavy (non-hydrogen) atoms. The second-order valence-corrected chi connectivity index (χ2v) is 7.55. The first-order valence-electron chi connectivity index (χ1n) is 10.3. The van der Waals surface area contributed by atoms with E-state index in [9.17, 15) is 5.26 Å². The zero-order valence-electron chi connectivity index (χ0n) is 17.5. The lowest BCUT2D eigenvalue weighted by Gasteiger charge is -2.12. The fourth-order valence-corrected chi connectivity index (χ4v) is 3.76. The highest BCUT2D eigenvalue weighted by molar-refractivity contribution is 5.89. The van der Waals surface area contributed by atoms with Crippen LogP contribution in [0.5, 0.6) is 0 Å². The minimum atomic E-state index is 0.474. The summed E-state index contributed by atoms with van der Waals surface area (Å²) < 4.78 is 1.85. The Morgan fingerprint density at radius 2 is 1.78 bits per heavy atom. The third-order valence-corrected chi connectivity index (χ3v) is 5.31. The maximum absolute atomic E-state index is 9.45. The number of nitrogens with one attached hydrogen (secondary N) is 1. The zero-order chi connectivity index (χ0) is 21.9. The van der Waals surface area contributed by atoms with Crippen molar-refractivity contribution in [2.75, 3.05) is 5.32 Å². The van der Waals surface area contributed by atoms with E-state index < -0.39 is 0 Å². The Hall–Kier alpha value is -4.50. The molecule has 0 unspecified atom stereocenters. The van der Waals surface area contributed by atoms with Gasteiger partial charge in [-0.1, -0.05) is 48.5 Å². The Morgan fingerprint density at radius 1 is 0.969 bits per heavy atom. The third kappa shape index (κ3) is 3.68. The molecule has 6 heteroatoms. The average Bonchev–Trinajstić information content (AvgIpc) is 3.27. The second-order valence-electron chi connectivity index (χ2n) is 7.55. The van der Waals surface area contributed by atoms with Crippen molar-refractivity contribution in [2.24, 2.45) is 0 Å². The highest BCUT2D eigenvalue weighted by atomic mass is 15.3. The van der Waals surface area contributed by atoms with Crippen LogP contribution in [0.1, 0.15) is 16.7 Å². The number of nitriles is 1. The van der Waals surface area contributed by atoms with E-state index in [1.54, 1.807) is 6.20 Å². The van der Waals surface area contributed by atoms with Crippen LogP contribution >= 0.6 is 0 Å². The van der Waals surface area contributed by atoms with Crippen molar-refractivity contribution >= 4 is 11.3 Å². The number of fused-ring (bicyclic) bond motifs is 1. The summed E-state index contributed by atoms with van der Waals surface area (Å²) in [6.45, 7) is 2.47. The topological polar surface area (TPSA) is 78.9 Å². The van der Waals surface area contributed by atoms with Crippen molar-refractivity contribution in [3.63, 3.8) is 0 Å². The summed E-state index contributed by atoms with van der Waals surface area (Å²) in [5, 5.41) is 17.7. The lowest BCUT2D eigenvalue weighted by Crippen LogP contribution is -2.08. The average molecular weight is 416 g/mol. The Labute approximate surface area is 185 Å². The van der Waals surface area contributed by atoms with Gasteiger partial charge in [0, 0.05) is 36.3 Å². The van der Waals surface area contributed by atoms with Gasteiger partial charge in [-0.05, 0) is 41.8 Å². The van der Waals surface area contributed by atoms with Crippen LogP contribution in [-0.2, 0) is 6.54 Å². The van der Waals surface area contributed by atoms with Gasteiger partial charge in [0.2, 0.25) is 0 Å². The van der Waals surface area contributed by atoms with E-state index in [1.165, 1.54) is 0 Å². The molecule has 5 aromatic rings. The van der Waals surface area contributed by atoms with E-state index in [-0.39, 0.29) is 0 Å². The number of anilines is 1. The Balaban J connectivity index is 1.65. The minimum absolute atomic E-state index is 0.474. The van der Waals surface area contributed by atoms with Crippen LogP contribution in [0.3, 0.4) is 0 Å². The normalized spacial score (nSPS) is 10.8. The minimum Gasteiger partial charge on any atom is -0.364 e. The number of aryl methyl sites for hydroxylation is 1. The maximum atomic E-state index is 9.45. The number of aromatic nitrogens is 4. The molecule has 0 bridgehead atoms. The smallest absolute Gasteiger partial charge is 0.183 e. The highest BCUT2D eigenvalue weighted by Gasteiger charge is 2.16. The Bertz CT molecular complexity index is 1450. The van der Waals surface area contributed by atoms with Gasteiger partial charge in [0.15, 0.2) is 11.6 Å². The molecule has 0 saturated carbocycles. The molecule has 1 N–H and O–H groups in total. The first kappa shape index (κ1) is 19.5. The van der Waals surface area contributed by atoms with Gasteiger partial charge in [-0.3, -0.25) is 4.98 Å². The summed E-state index contributed by atoms with van der Waals surface area (Å²) in [5.74, 6) is 1.29. The molecule has 3 heterocycles. The van der Waals surface area contributed by atoms with Gasteiger partial charge >= 0.3 is 0 Å². The number of rotatable bonds is 5. The first-order valence-corrected chi connectivity index (χ1v) is 10.3. The van der Waals surface area contributed by atoms with E-state index in [1.807, 2.05) is 78.4 Å². The summed E-state index contributed by atoms with van der Waals surface area (Å²) in [7, 11) is 0. The molecular formula is C26H20N6. The Kier molecular flexibility index (Phi) is 5.06. The van der Waals surface area contributed by atoms with Crippen molar-refractivity contribution in [1.82, 2.24) is 19.6 Å². The molecule has 0 aliphatic heterocycles. The molecule has 2 aromatic carbocycles. The number of benzene rings is 2. The highest BCUT2D eigenvalue weighted by Crippen LogP contribution is 2.31. The van der Waals surface area contributed by atoms with Crippen molar-refractivity contribution in [1.29, 1.82) is 5.26 Å². The van der Waals surface area contributed by atoms with Crippen LogP contribution in [0.15, 0.2) is 85.3 Å². The number of nitrogens with zero attached hydrogens (tertiary/aromatic N) is 5. The van der Waals surface area contributed by atoms with Crippen LogP contribution in [0.2, 0.25) is 0 Å². The Morgan fingerprint density at radius 3 is 2.59 bits per heavy atom. The predicted molar refractivity (Wildman–Crippen MR) is 125 cm³/mol. The molecule has 0 amide bonds. The van der Waals surface area contributed by atoms with Crippen molar-refractivity contribution < 1.29 is 0 Å². The largest absolute Gasteiger partial charge is 0.364 e. The fourth-order valence-electron chi connectivity index (χ4n) is 3.76. The van der Waals surface area contributed by atoms with Crippen LogP contribution in [0, 0.1) is 18.3 Å². The molecule has 5 rings (SSSR count). The fraction of sp³-hybridized carbons (Fsp3) is 0.0769. The molecule has 3 aromatic heterocycles.